The summed E-state index contributed by atoms with van der Waals surface area (Å²) in [5, 5.41) is 0. The van der Waals surface area contributed by atoms with E-state index in [9.17, 15) is 9.59 Å². The van der Waals surface area contributed by atoms with Gasteiger partial charge in [-0.25, -0.2) is 0 Å². The molecule has 0 aromatic heterocycles. The number of ether oxygens (including phenoxy) is 3. The van der Waals surface area contributed by atoms with Crippen LogP contribution in [0.2, 0.25) is 0 Å². The third-order valence-electron chi connectivity index (χ3n) is 3.04. The summed E-state index contributed by atoms with van der Waals surface area (Å²) >= 11 is 0. The first-order chi connectivity index (χ1) is 11.6. The van der Waals surface area contributed by atoms with E-state index in [0.717, 1.165) is 0 Å². The maximum absolute atomic E-state index is 12.1. The van der Waals surface area contributed by atoms with E-state index in [1.807, 2.05) is 6.07 Å². The fourth-order valence-electron chi connectivity index (χ4n) is 1.84. The van der Waals surface area contributed by atoms with Crippen molar-refractivity contribution in [3.8, 4) is 17.2 Å². The minimum atomic E-state index is -0.500. The highest BCUT2D eigenvalue weighted by atomic mass is 16.5. The van der Waals surface area contributed by atoms with Crippen LogP contribution in [-0.2, 0) is 4.79 Å². The fraction of sp³-hybridized carbons (Fsp3) is 0.176. The van der Waals surface area contributed by atoms with E-state index in [2.05, 4.69) is 10.9 Å². The van der Waals surface area contributed by atoms with Crippen LogP contribution >= 0.6 is 0 Å². The van der Waals surface area contributed by atoms with E-state index in [-0.39, 0.29) is 12.2 Å². The molecule has 0 saturated heterocycles. The fourth-order valence-corrected chi connectivity index (χ4v) is 1.84. The zero-order valence-electron chi connectivity index (χ0n) is 13.4. The lowest BCUT2D eigenvalue weighted by Gasteiger charge is -2.10. The molecule has 2 N–H and O–H groups in total. The van der Waals surface area contributed by atoms with E-state index < -0.39 is 11.8 Å². The number of hydrogen-bond acceptors (Lipinski definition) is 5. The Morgan fingerprint density at radius 1 is 0.875 bits per heavy atom. The predicted octanol–water partition coefficient (Wildman–Crippen LogP) is 1.54. The average Bonchev–Trinajstić information content (AvgIpc) is 2.64. The van der Waals surface area contributed by atoms with Gasteiger partial charge in [0.2, 0.25) is 0 Å². The highest BCUT2D eigenvalue weighted by Crippen LogP contribution is 2.22. The van der Waals surface area contributed by atoms with E-state index in [4.69, 9.17) is 14.2 Å². The van der Waals surface area contributed by atoms with Gasteiger partial charge < -0.3 is 14.2 Å². The van der Waals surface area contributed by atoms with E-state index >= 15 is 0 Å². The van der Waals surface area contributed by atoms with Crippen molar-refractivity contribution in [1.29, 1.82) is 0 Å². The summed E-state index contributed by atoms with van der Waals surface area (Å²) in [6.45, 7) is -0.217. The number of rotatable bonds is 6. The lowest BCUT2D eigenvalue weighted by molar-refractivity contribution is -0.123. The topological polar surface area (TPSA) is 85.9 Å². The van der Waals surface area contributed by atoms with Crippen LogP contribution < -0.4 is 25.1 Å². The molecule has 2 aromatic rings. The number of para-hydroxylation sites is 1. The summed E-state index contributed by atoms with van der Waals surface area (Å²) in [6.07, 6.45) is 0. The molecule has 0 aliphatic heterocycles. The Labute approximate surface area is 139 Å². The molecule has 0 radical (unpaired) electrons. The number of carbonyl (C=O) groups is 2. The first kappa shape index (κ1) is 17.1. The van der Waals surface area contributed by atoms with Gasteiger partial charge in [-0.3, -0.25) is 20.4 Å². The molecule has 0 saturated carbocycles. The molecule has 0 bridgehead atoms. The molecule has 126 valence electrons. The zero-order valence-corrected chi connectivity index (χ0v) is 13.4. The average molecular weight is 330 g/mol. The molecule has 0 unspecified atom stereocenters. The smallest absolute Gasteiger partial charge is 0.276 e. The van der Waals surface area contributed by atoms with Crippen molar-refractivity contribution in [2.75, 3.05) is 20.8 Å². The van der Waals surface area contributed by atoms with Gasteiger partial charge >= 0.3 is 0 Å². The molecule has 7 nitrogen and oxygen atoms in total. The minimum absolute atomic E-state index is 0.217. The van der Waals surface area contributed by atoms with Crippen LogP contribution in [0, 0.1) is 0 Å². The van der Waals surface area contributed by atoms with E-state index in [0.29, 0.717) is 17.2 Å². The second-order valence-corrected chi connectivity index (χ2v) is 4.71. The molecule has 0 atom stereocenters. The maximum atomic E-state index is 12.1. The Balaban J connectivity index is 1.87. The van der Waals surface area contributed by atoms with Gasteiger partial charge in [0.25, 0.3) is 11.8 Å². The Morgan fingerprint density at radius 3 is 2.08 bits per heavy atom. The van der Waals surface area contributed by atoms with Crippen LogP contribution in [0.1, 0.15) is 10.4 Å². The summed E-state index contributed by atoms with van der Waals surface area (Å²) in [5.41, 5.74) is 4.88. The van der Waals surface area contributed by atoms with Gasteiger partial charge in [0.1, 0.15) is 17.2 Å². The molecular weight excluding hydrogens is 312 g/mol. The highest BCUT2D eigenvalue weighted by Gasteiger charge is 2.11. The monoisotopic (exact) mass is 330 g/mol. The molecule has 2 aromatic carbocycles. The van der Waals surface area contributed by atoms with Gasteiger partial charge in [-0.2, -0.15) is 0 Å². The van der Waals surface area contributed by atoms with Crippen LogP contribution in [0.25, 0.3) is 0 Å². The van der Waals surface area contributed by atoms with Crippen LogP contribution in [0.15, 0.2) is 48.5 Å². The first-order valence-corrected chi connectivity index (χ1v) is 7.12. The summed E-state index contributed by atoms with van der Waals surface area (Å²) in [6, 6.07) is 13.6. The maximum Gasteiger partial charge on any atom is 0.276 e. The largest absolute Gasteiger partial charge is 0.497 e. The number of hydrazine groups is 1. The molecule has 0 aliphatic rings. The Morgan fingerprint density at radius 2 is 1.50 bits per heavy atom. The van der Waals surface area contributed by atoms with Crippen LogP contribution in [0.3, 0.4) is 0 Å². The standard InChI is InChI=1S/C17H18N2O5/c1-22-14-8-12(9-15(10-14)23-2)17(21)19-18-16(20)11-24-13-6-4-3-5-7-13/h3-10H,11H2,1-2H3,(H,18,20)(H,19,21). The van der Waals surface area contributed by atoms with Gasteiger partial charge in [-0.05, 0) is 24.3 Å². The molecule has 7 heteroatoms. The van der Waals surface area contributed by atoms with Crippen molar-refractivity contribution in [3.63, 3.8) is 0 Å². The molecule has 2 rings (SSSR count). The SMILES string of the molecule is COc1cc(OC)cc(C(=O)NNC(=O)COc2ccccc2)c1. The van der Waals surface area contributed by atoms with Crippen molar-refractivity contribution in [2.24, 2.45) is 0 Å². The van der Waals surface area contributed by atoms with E-state index in [1.165, 1.54) is 26.4 Å². The number of carbonyl (C=O) groups excluding carboxylic acids is 2. The molecule has 24 heavy (non-hydrogen) atoms. The summed E-state index contributed by atoms with van der Waals surface area (Å²) < 4.78 is 15.5. The third-order valence-corrected chi connectivity index (χ3v) is 3.04. The number of benzene rings is 2. The molecule has 0 fully saturated rings. The minimum Gasteiger partial charge on any atom is -0.497 e. The van der Waals surface area contributed by atoms with Crippen molar-refractivity contribution < 1.29 is 23.8 Å². The molecule has 0 heterocycles. The summed E-state index contributed by atoms with van der Waals surface area (Å²) in [4.78, 5) is 23.8. The van der Waals surface area contributed by atoms with Gasteiger partial charge in [-0.15, -0.1) is 0 Å². The number of amides is 2. The molecule has 0 aliphatic carbocycles. The quantitative estimate of drug-likeness (QED) is 0.785. The zero-order chi connectivity index (χ0) is 17.4. The van der Waals surface area contributed by atoms with Crippen LogP contribution in [0.4, 0.5) is 0 Å². The Kier molecular flexibility index (Phi) is 6.01. The molecule has 0 spiro atoms. The Hall–Kier alpha value is -3.22. The van der Waals surface area contributed by atoms with Gasteiger partial charge in [0.05, 0.1) is 14.2 Å². The number of hydrogen-bond donors (Lipinski definition) is 2. The van der Waals surface area contributed by atoms with Gasteiger partial charge in [-0.1, -0.05) is 18.2 Å². The third kappa shape index (κ3) is 4.91. The first-order valence-electron chi connectivity index (χ1n) is 7.12. The van der Waals surface area contributed by atoms with Crippen LogP contribution in [-0.4, -0.2) is 32.6 Å². The van der Waals surface area contributed by atoms with E-state index in [1.54, 1.807) is 30.3 Å². The van der Waals surface area contributed by atoms with Crippen molar-refractivity contribution >= 4 is 11.8 Å². The second kappa shape index (κ2) is 8.42. The van der Waals surface area contributed by atoms with Gasteiger partial charge in [0, 0.05) is 11.6 Å². The number of nitrogens with one attached hydrogen (secondary N) is 2. The van der Waals surface area contributed by atoms with Crippen molar-refractivity contribution in [2.45, 2.75) is 0 Å². The van der Waals surface area contributed by atoms with Gasteiger partial charge in [0.15, 0.2) is 6.61 Å². The highest BCUT2D eigenvalue weighted by molar-refractivity contribution is 5.96. The van der Waals surface area contributed by atoms with Crippen LogP contribution in [0.5, 0.6) is 17.2 Å². The lowest BCUT2D eigenvalue weighted by Crippen LogP contribution is -2.43. The normalized spacial score (nSPS) is 9.75. The molecule has 2 amide bonds. The van der Waals surface area contributed by atoms with Crippen molar-refractivity contribution in [1.82, 2.24) is 10.9 Å². The molecular formula is C17H18N2O5. The Bertz CT molecular complexity index is 681. The number of methoxy groups -OCH3 is 2. The van der Waals surface area contributed by atoms with Crippen molar-refractivity contribution in [3.05, 3.63) is 54.1 Å². The predicted molar refractivity (Wildman–Crippen MR) is 87.1 cm³/mol. The summed E-state index contributed by atoms with van der Waals surface area (Å²) in [7, 11) is 2.97. The summed E-state index contributed by atoms with van der Waals surface area (Å²) in [5.74, 6) is 0.523. The second-order valence-electron chi connectivity index (χ2n) is 4.71. The lowest BCUT2D eigenvalue weighted by atomic mass is 10.2.